The quantitative estimate of drug-likeness (QED) is 0.740. The van der Waals surface area contributed by atoms with Gasteiger partial charge in [0.2, 0.25) is 11.8 Å². The predicted molar refractivity (Wildman–Crippen MR) is 66.8 cm³/mol. The van der Waals surface area contributed by atoms with Crippen LogP contribution in [0.2, 0.25) is 0 Å². The first kappa shape index (κ1) is 13.3. The molecule has 0 radical (unpaired) electrons. The van der Waals surface area contributed by atoms with Crippen molar-refractivity contribution < 1.29 is 14.7 Å². The van der Waals surface area contributed by atoms with Gasteiger partial charge in [-0.25, -0.2) is 0 Å². The zero-order chi connectivity index (χ0) is 13.1. The Morgan fingerprint density at radius 2 is 2.11 bits per heavy atom. The number of nitrogens with one attached hydrogen (secondary N) is 1. The molecule has 0 aromatic rings. The van der Waals surface area contributed by atoms with Gasteiger partial charge in [-0.1, -0.05) is 0 Å². The van der Waals surface area contributed by atoms with Crippen molar-refractivity contribution in [3.05, 3.63) is 0 Å². The average molecular weight is 254 g/mol. The molecule has 2 rings (SSSR count). The molecule has 2 amide bonds. The zero-order valence-corrected chi connectivity index (χ0v) is 10.9. The number of hydrogen-bond donors (Lipinski definition) is 2. The summed E-state index contributed by atoms with van der Waals surface area (Å²) in [6, 6.07) is -0.285. The maximum atomic E-state index is 12.0. The normalized spacial score (nSPS) is 25.0. The Balaban J connectivity index is 1.82. The van der Waals surface area contributed by atoms with Gasteiger partial charge >= 0.3 is 0 Å². The lowest BCUT2D eigenvalue weighted by molar-refractivity contribution is -0.139. The average Bonchev–Trinajstić information content (AvgIpc) is 3.04. The number of rotatable bonds is 5. The SMILES string of the molecule is CC(O)CCNC(=O)C1CCCN1C(=O)C1CC1. The Hall–Kier alpha value is -1.10. The number of likely N-dealkylation sites (tertiary alicyclic amines) is 1. The molecule has 1 aliphatic heterocycles. The minimum Gasteiger partial charge on any atom is -0.393 e. The van der Waals surface area contributed by atoms with E-state index in [1.165, 1.54) is 0 Å². The lowest BCUT2D eigenvalue weighted by atomic mass is 10.2. The second-order valence-corrected chi connectivity index (χ2v) is 5.39. The highest BCUT2D eigenvalue weighted by atomic mass is 16.3. The molecule has 2 aliphatic rings. The van der Waals surface area contributed by atoms with Gasteiger partial charge < -0.3 is 15.3 Å². The van der Waals surface area contributed by atoms with E-state index in [-0.39, 0.29) is 23.8 Å². The lowest BCUT2D eigenvalue weighted by Gasteiger charge is -2.24. The van der Waals surface area contributed by atoms with Crippen LogP contribution >= 0.6 is 0 Å². The highest BCUT2D eigenvalue weighted by Crippen LogP contribution is 2.33. The predicted octanol–water partition coefficient (Wildman–Crippen LogP) is 0.274. The van der Waals surface area contributed by atoms with E-state index in [4.69, 9.17) is 5.11 Å². The molecule has 1 aliphatic carbocycles. The standard InChI is InChI=1S/C13H22N2O3/c1-9(16)6-7-14-12(17)11-3-2-8-15(11)13(18)10-4-5-10/h9-11,16H,2-8H2,1H3,(H,14,17). The van der Waals surface area contributed by atoms with Crippen LogP contribution in [0.1, 0.15) is 39.0 Å². The van der Waals surface area contributed by atoms with Crippen LogP contribution in [-0.4, -0.2) is 47.1 Å². The van der Waals surface area contributed by atoms with Gasteiger partial charge in [0.25, 0.3) is 0 Å². The Labute approximate surface area is 108 Å². The smallest absolute Gasteiger partial charge is 0.242 e. The molecule has 102 valence electrons. The van der Waals surface area contributed by atoms with E-state index in [1.807, 2.05) is 0 Å². The van der Waals surface area contributed by atoms with E-state index >= 15 is 0 Å². The van der Waals surface area contributed by atoms with Crippen molar-refractivity contribution in [3.8, 4) is 0 Å². The Kier molecular flexibility index (Phi) is 4.22. The second-order valence-electron chi connectivity index (χ2n) is 5.39. The van der Waals surface area contributed by atoms with Crippen LogP contribution in [0.15, 0.2) is 0 Å². The fraction of sp³-hybridized carbons (Fsp3) is 0.846. The summed E-state index contributed by atoms with van der Waals surface area (Å²) in [6.07, 6.45) is 3.77. The van der Waals surface area contributed by atoms with Crippen molar-refractivity contribution in [2.24, 2.45) is 5.92 Å². The molecule has 1 heterocycles. The number of aliphatic hydroxyl groups is 1. The first-order chi connectivity index (χ1) is 8.59. The van der Waals surface area contributed by atoms with Gasteiger partial charge in [-0.2, -0.15) is 0 Å². The zero-order valence-electron chi connectivity index (χ0n) is 10.9. The molecule has 18 heavy (non-hydrogen) atoms. The molecule has 1 saturated heterocycles. The summed E-state index contributed by atoms with van der Waals surface area (Å²) in [5, 5.41) is 11.9. The van der Waals surface area contributed by atoms with Gasteiger partial charge in [-0.3, -0.25) is 9.59 Å². The number of hydrogen-bond acceptors (Lipinski definition) is 3. The van der Waals surface area contributed by atoms with Crippen LogP contribution in [-0.2, 0) is 9.59 Å². The monoisotopic (exact) mass is 254 g/mol. The van der Waals surface area contributed by atoms with Crippen molar-refractivity contribution in [1.29, 1.82) is 0 Å². The van der Waals surface area contributed by atoms with Crippen molar-refractivity contribution in [1.82, 2.24) is 10.2 Å². The molecule has 0 aromatic heterocycles. The number of carbonyl (C=O) groups excluding carboxylic acids is 2. The second kappa shape index (κ2) is 5.69. The number of carbonyl (C=O) groups is 2. The van der Waals surface area contributed by atoms with Crippen molar-refractivity contribution in [3.63, 3.8) is 0 Å². The van der Waals surface area contributed by atoms with E-state index < -0.39 is 6.10 Å². The Morgan fingerprint density at radius 3 is 2.72 bits per heavy atom. The summed E-state index contributed by atoms with van der Waals surface area (Å²) in [6.45, 7) is 2.88. The van der Waals surface area contributed by atoms with Gasteiger partial charge in [0.1, 0.15) is 6.04 Å². The summed E-state index contributed by atoms with van der Waals surface area (Å²) >= 11 is 0. The summed E-state index contributed by atoms with van der Waals surface area (Å²) in [4.78, 5) is 25.8. The van der Waals surface area contributed by atoms with E-state index in [0.29, 0.717) is 19.5 Å². The number of aliphatic hydroxyl groups excluding tert-OH is 1. The molecule has 0 aromatic carbocycles. The van der Waals surface area contributed by atoms with Gasteiger partial charge in [-0.05, 0) is 39.0 Å². The van der Waals surface area contributed by atoms with Crippen LogP contribution in [0.4, 0.5) is 0 Å². The highest BCUT2D eigenvalue weighted by Gasteiger charge is 2.40. The maximum absolute atomic E-state index is 12.0. The van der Waals surface area contributed by atoms with Crippen LogP contribution in [0.25, 0.3) is 0 Å². The van der Waals surface area contributed by atoms with Crippen LogP contribution in [0.5, 0.6) is 0 Å². The van der Waals surface area contributed by atoms with Gasteiger partial charge in [-0.15, -0.1) is 0 Å². The summed E-state index contributed by atoms with van der Waals surface area (Å²) in [5.41, 5.74) is 0. The molecule has 1 saturated carbocycles. The highest BCUT2D eigenvalue weighted by molar-refractivity contribution is 5.89. The van der Waals surface area contributed by atoms with Crippen molar-refractivity contribution in [2.45, 2.75) is 51.2 Å². The third kappa shape index (κ3) is 3.22. The molecule has 0 bridgehead atoms. The topological polar surface area (TPSA) is 69.6 Å². The van der Waals surface area contributed by atoms with Crippen LogP contribution in [0.3, 0.4) is 0 Å². The van der Waals surface area contributed by atoms with Crippen LogP contribution in [0, 0.1) is 5.92 Å². The minimum absolute atomic E-state index is 0.0675. The molecule has 0 spiro atoms. The molecular formula is C13H22N2O3. The van der Waals surface area contributed by atoms with E-state index in [0.717, 1.165) is 25.7 Å². The molecule has 2 N–H and O–H groups in total. The van der Waals surface area contributed by atoms with Gasteiger partial charge in [0.15, 0.2) is 0 Å². The molecule has 5 heteroatoms. The fourth-order valence-corrected chi connectivity index (χ4v) is 2.39. The summed E-state index contributed by atoms with van der Waals surface area (Å²) < 4.78 is 0. The number of amides is 2. The largest absolute Gasteiger partial charge is 0.393 e. The van der Waals surface area contributed by atoms with Gasteiger partial charge in [0, 0.05) is 19.0 Å². The Morgan fingerprint density at radius 1 is 1.39 bits per heavy atom. The van der Waals surface area contributed by atoms with E-state index in [9.17, 15) is 9.59 Å². The molecule has 2 atom stereocenters. The maximum Gasteiger partial charge on any atom is 0.242 e. The minimum atomic E-state index is -0.405. The van der Waals surface area contributed by atoms with E-state index in [2.05, 4.69) is 5.32 Å². The van der Waals surface area contributed by atoms with Crippen molar-refractivity contribution >= 4 is 11.8 Å². The first-order valence-electron chi connectivity index (χ1n) is 6.86. The molecule has 2 fully saturated rings. The Bertz CT molecular complexity index is 326. The fourth-order valence-electron chi connectivity index (χ4n) is 2.39. The van der Waals surface area contributed by atoms with Crippen molar-refractivity contribution in [2.75, 3.05) is 13.1 Å². The van der Waals surface area contributed by atoms with Crippen LogP contribution < -0.4 is 5.32 Å². The molecular weight excluding hydrogens is 232 g/mol. The van der Waals surface area contributed by atoms with Gasteiger partial charge in [0.05, 0.1) is 6.10 Å². The summed E-state index contributed by atoms with van der Waals surface area (Å²) in [5.74, 6) is 0.265. The molecule has 5 nitrogen and oxygen atoms in total. The third-order valence-electron chi connectivity index (χ3n) is 3.63. The van der Waals surface area contributed by atoms with E-state index in [1.54, 1.807) is 11.8 Å². The lowest BCUT2D eigenvalue weighted by Crippen LogP contribution is -2.46. The third-order valence-corrected chi connectivity index (χ3v) is 3.63. The number of nitrogens with zero attached hydrogens (tertiary/aromatic N) is 1. The first-order valence-corrected chi connectivity index (χ1v) is 6.86. The molecule has 2 unspecified atom stereocenters. The summed E-state index contributed by atoms with van der Waals surface area (Å²) in [7, 11) is 0.